The summed E-state index contributed by atoms with van der Waals surface area (Å²) in [7, 11) is 0. The van der Waals surface area contributed by atoms with E-state index in [1.807, 2.05) is 6.92 Å². The van der Waals surface area contributed by atoms with Crippen molar-refractivity contribution in [3.8, 4) is 5.75 Å². The number of hydrogen-bond donors (Lipinski definition) is 3. The number of urea groups is 1. The Morgan fingerprint density at radius 1 is 1.25 bits per heavy atom. The molecule has 146 valence electrons. The predicted octanol–water partition coefficient (Wildman–Crippen LogP) is 2.59. The van der Waals surface area contributed by atoms with Gasteiger partial charge in [-0.05, 0) is 36.6 Å². The highest BCUT2D eigenvalue weighted by Gasteiger charge is 2.19. The lowest BCUT2D eigenvalue weighted by Crippen LogP contribution is -2.45. The quantitative estimate of drug-likeness (QED) is 0.761. The van der Waals surface area contributed by atoms with Gasteiger partial charge in [0.05, 0.1) is 5.69 Å². The Hall–Kier alpha value is -3.06. The Balaban J connectivity index is 1.29. The molecule has 0 bridgehead atoms. The molecule has 0 radical (unpaired) electrons. The molecular weight excluding hydrogens is 356 g/mol. The first-order valence-corrected chi connectivity index (χ1v) is 9.50. The second-order valence-corrected chi connectivity index (χ2v) is 7.30. The van der Waals surface area contributed by atoms with Crippen LogP contribution in [0.4, 0.5) is 16.2 Å². The van der Waals surface area contributed by atoms with Crippen molar-refractivity contribution in [1.29, 1.82) is 0 Å². The molecule has 2 aromatic rings. The molecule has 0 saturated carbocycles. The van der Waals surface area contributed by atoms with E-state index < -0.39 is 0 Å². The van der Waals surface area contributed by atoms with Crippen molar-refractivity contribution in [2.45, 2.75) is 25.9 Å². The molecule has 0 aliphatic carbocycles. The summed E-state index contributed by atoms with van der Waals surface area (Å²) in [5, 5.41) is 8.54. The maximum atomic E-state index is 12.3. The number of anilines is 2. The van der Waals surface area contributed by atoms with Crippen LogP contribution >= 0.6 is 0 Å². The first-order valence-electron chi connectivity index (χ1n) is 9.50. The molecule has 0 saturated heterocycles. The highest BCUT2D eigenvalue weighted by Crippen LogP contribution is 2.30. The molecule has 2 aliphatic heterocycles. The third-order valence-corrected chi connectivity index (χ3v) is 4.99. The first kappa shape index (κ1) is 18.3. The monoisotopic (exact) mass is 380 g/mol. The van der Waals surface area contributed by atoms with Crippen LogP contribution in [-0.4, -0.2) is 42.6 Å². The van der Waals surface area contributed by atoms with Crippen LogP contribution in [0.25, 0.3) is 0 Å². The number of amides is 3. The molecule has 0 fully saturated rings. The molecule has 0 unspecified atom stereocenters. The van der Waals surface area contributed by atoms with E-state index in [-0.39, 0.29) is 24.6 Å². The molecule has 0 spiro atoms. The number of rotatable bonds is 4. The van der Waals surface area contributed by atoms with E-state index in [2.05, 4.69) is 45.1 Å². The van der Waals surface area contributed by atoms with Crippen LogP contribution in [0.5, 0.6) is 5.75 Å². The van der Waals surface area contributed by atoms with Crippen LogP contribution in [-0.2, 0) is 17.8 Å². The van der Waals surface area contributed by atoms with Crippen molar-refractivity contribution in [3.63, 3.8) is 0 Å². The zero-order valence-electron chi connectivity index (χ0n) is 15.8. The van der Waals surface area contributed by atoms with Gasteiger partial charge in [-0.25, -0.2) is 4.79 Å². The fourth-order valence-electron chi connectivity index (χ4n) is 3.69. The summed E-state index contributed by atoms with van der Waals surface area (Å²) < 4.78 is 5.38. The summed E-state index contributed by atoms with van der Waals surface area (Å²) >= 11 is 0. The molecule has 2 aliphatic rings. The maximum Gasteiger partial charge on any atom is 0.319 e. The van der Waals surface area contributed by atoms with Gasteiger partial charge in [0.2, 0.25) is 0 Å². The standard InChI is InChI=1S/C21H24N4O3/c1-14(11-25-9-8-15-4-2-3-5-16(15)12-25)22-21(27)23-17-6-7-18-19(10-17)28-13-20(26)24-18/h2-7,10,14H,8-9,11-13H2,1H3,(H,24,26)(H2,22,23,27)/t14-/m0/s1. The maximum absolute atomic E-state index is 12.3. The minimum atomic E-state index is -0.260. The van der Waals surface area contributed by atoms with E-state index in [0.29, 0.717) is 17.1 Å². The van der Waals surface area contributed by atoms with Crippen LogP contribution in [0, 0.1) is 0 Å². The van der Waals surface area contributed by atoms with Crippen LogP contribution < -0.4 is 20.7 Å². The van der Waals surface area contributed by atoms with Crippen LogP contribution in [0.3, 0.4) is 0 Å². The van der Waals surface area contributed by atoms with Gasteiger partial charge in [0, 0.05) is 37.4 Å². The van der Waals surface area contributed by atoms with Crippen LogP contribution in [0.1, 0.15) is 18.1 Å². The summed E-state index contributed by atoms with van der Waals surface area (Å²) in [6, 6.07) is 13.4. The number of nitrogens with one attached hydrogen (secondary N) is 3. The van der Waals surface area contributed by atoms with Crippen LogP contribution in [0.2, 0.25) is 0 Å². The average Bonchev–Trinajstić information content (AvgIpc) is 2.68. The van der Waals surface area contributed by atoms with E-state index in [4.69, 9.17) is 4.74 Å². The van der Waals surface area contributed by atoms with Crippen LogP contribution in [0.15, 0.2) is 42.5 Å². The van der Waals surface area contributed by atoms with Crippen molar-refractivity contribution in [2.24, 2.45) is 0 Å². The Kier molecular flexibility index (Phi) is 5.16. The summed E-state index contributed by atoms with van der Waals surface area (Å²) in [6.45, 7) is 4.70. The largest absolute Gasteiger partial charge is 0.482 e. The van der Waals surface area contributed by atoms with E-state index in [9.17, 15) is 9.59 Å². The number of nitrogens with zero attached hydrogens (tertiary/aromatic N) is 1. The minimum Gasteiger partial charge on any atom is -0.482 e. The molecule has 0 aromatic heterocycles. The summed E-state index contributed by atoms with van der Waals surface area (Å²) in [5.74, 6) is 0.373. The molecule has 7 heteroatoms. The first-order chi connectivity index (χ1) is 13.6. The van der Waals surface area contributed by atoms with Gasteiger partial charge in [0.25, 0.3) is 5.91 Å². The molecule has 7 nitrogen and oxygen atoms in total. The number of benzene rings is 2. The van der Waals surface area contributed by atoms with Crippen molar-refractivity contribution in [3.05, 3.63) is 53.6 Å². The van der Waals surface area contributed by atoms with Gasteiger partial charge in [-0.15, -0.1) is 0 Å². The number of ether oxygens (including phenoxy) is 1. The molecule has 4 rings (SSSR count). The Morgan fingerprint density at radius 2 is 2.07 bits per heavy atom. The molecular formula is C21H24N4O3. The summed E-state index contributed by atoms with van der Waals surface area (Å²) in [6.07, 6.45) is 1.04. The fourth-order valence-corrected chi connectivity index (χ4v) is 3.69. The van der Waals surface area contributed by atoms with E-state index >= 15 is 0 Å². The Morgan fingerprint density at radius 3 is 2.93 bits per heavy atom. The minimum absolute atomic E-state index is 0.0124. The number of hydrogen-bond acceptors (Lipinski definition) is 4. The SMILES string of the molecule is C[C@@H](CN1CCc2ccccc2C1)NC(=O)Nc1ccc2c(c1)OCC(=O)N2. The number of fused-ring (bicyclic) bond motifs is 2. The van der Waals surface area contributed by atoms with Gasteiger partial charge in [0.15, 0.2) is 6.61 Å². The van der Waals surface area contributed by atoms with Crippen molar-refractivity contribution < 1.29 is 14.3 Å². The Labute approximate surface area is 164 Å². The molecule has 2 aromatic carbocycles. The number of carbonyl (C=O) groups is 2. The molecule has 28 heavy (non-hydrogen) atoms. The molecule has 3 amide bonds. The van der Waals surface area contributed by atoms with Gasteiger partial charge >= 0.3 is 6.03 Å². The third-order valence-electron chi connectivity index (χ3n) is 4.99. The third kappa shape index (κ3) is 4.26. The van der Waals surface area contributed by atoms with E-state index in [0.717, 1.165) is 26.1 Å². The highest BCUT2D eigenvalue weighted by molar-refractivity contribution is 5.96. The average molecular weight is 380 g/mol. The highest BCUT2D eigenvalue weighted by atomic mass is 16.5. The number of carbonyl (C=O) groups excluding carboxylic acids is 2. The van der Waals surface area contributed by atoms with Gasteiger partial charge in [-0.1, -0.05) is 24.3 Å². The van der Waals surface area contributed by atoms with Crippen molar-refractivity contribution in [1.82, 2.24) is 10.2 Å². The normalized spacial score (nSPS) is 16.8. The van der Waals surface area contributed by atoms with Crippen molar-refractivity contribution >= 4 is 23.3 Å². The topological polar surface area (TPSA) is 82.7 Å². The molecule has 2 heterocycles. The summed E-state index contributed by atoms with van der Waals surface area (Å²) in [5.41, 5.74) is 4.02. The lowest BCUT2D eigenvalue weighted by molar-refractivity contribution is -0.118. The lowest BCUT2D eigenvalue weighted by Gasteiger charge is -2.31. The van der Waals surface area contributed by atoms with Gasteiger partial charge in [-0.2, -0.15) is 0 Å². The second-order valence-electron chi connectivity index (χ2n) is 7.30. The lowest BCUT2D eigenvalue weighted by atomic mass is 10.00. The molecule has 3 N–H and O–H groups in total. The van der Waals surface area contributed by atoms with Gasteiger partial charge in [0.1, 0.15) is 5.75 Å². The molecule has 1 atom stereocenters. The van der Waals surface area contributed by atoms with Gasteiger partial charge < -0.3 is 20.7 Å². The van der Waals surface area contributed by atoms with Crippen molar-refractivity contribution in [2.75, 3.05) is 30.3 Å². The zero-order valence-corrected chi connectivity index (χ0v) is 15.8. The second kappa shape index (κ2) is 7.90. The smallest absolute Gasteiger partial charge is 0.319 e. The van der Waals surface area contributed by atoms with Gasteiger partial charge in [-0.3, -0.25) is 9.69 Å². The van der Waals surface area contributed by atoms with E-state index in [1.54, 1.807) is 18.2 Å². The zero-order chi connectivity index (χ0) is 19.5. The summed E-state index contributed by atoms with van der Waals surface area (Å²) in [4.78, 5) is 26.0. The van der Waals surface area contributed by atoms with E-state index in [1.165, 1.54) is 11.1 Å². The predicted molar refractivity (Wildman–Crippen MR) is 108 cm³/mol. The Bertz CT molecular complexity index is 899. The fraction of sp³-hybridized carbons (Fsp3) is 0.333.